The number of hydrogen-bond acceptors (Lipinski definition) is 3. The first kappa shape index (κ1) is 15.6. The summed E-state index contributed by atoms with van der Waals surface area (Å²) < 4.78 is 5.32. The number of rotatable bonds is 4. The third-order valence-corrected chi connectivity index (χ3v) is 3.49. The van der Waals surface area contributed by atoms with Crippen LogP contribution in [0.3, 0.4) is 0 Å². The molecule has 0 aliphatic heterocycles. The largest absolute Gasteiger partial charge is 0.494 e. The van der Waals surface area contributed by atoms with Crippen molar-refractivity contribution in [2.75, 3.05) is 6.61 Å². The molecule has 6 nitrogen and oxygen atoms in total. The molecule has 0 saturated carbocycles. The molecule has 1 aromatic heterocycles. The summed E-state index contributed by atoms with van der Waals surface area (Å²) in [5.41, 5.74) is 6.46. The normalized spacial score (nSPS) is 10.4. The second-order valence-electron chi connectivity index (χ2n) is 5.14. The summed E-state index contributed by atoms with van der Waals surface area (Å²) in [6, 6.07) is 16.0. The van der Waals surface area contributed by atoms with E-state index in [1.54, 1.807) is 30.3 Å². The molecule has 0 aliphatic rings. The van der Waals surface area contributed by atoms with Gasteiger partial charge in [-0.2, -0.15) is 0 Å². The molecular formula is C18H17N3O3. The van der Waals surface area contributed by atoms with Crippen LogP contribution < -0.4 is 15.6 Å². The van der Waals surface area contributed by atoms with E-state index in [0.717, 1.165) is 10.9 Å². The summed E-state index contributed by atoms with van der Waals surface area (Å²) >= 11 is 0. The van der Waals surface area contributed by atoms with Gasteiger partial charge in [-0.3, -0.25) is 20.4 Å². The lowest BCUT2D eigenvalue weighted by atomic mass is 10.2. The first-order valence-electron chi connectivity index (χ1n) is 7.58. The molecule has 24 heavy (non-hydrogen) atoms. The van der Waals surface area contributed by atoms with E-state index >= 15 is 0 Å². The van der Waals surface area contributed by atoms with Crippen LogP contribution in [0.2, 0.25) is 0 Å². The fourth-order valence-electron chi connectivity index (χ4n) is 2.32. The maximum Gasteiger partial charge on any atom is 0.286 e. The molecule has 0 bridgehead atoms. The minimum atomic E-state index is -0.412. The van der Waals surface area contributed by atoms with Crippen molar-refractivity contribution in [2.45, 2.75) is 6.92 Å². The van der Waals surface area contributed by atoms with Gasteiger partial charge >= 0.3 is 0 Å². The summed E-state index contributed by atoms with van der Waals surface area (Å²) in [5, 5.41) is 0.931. The monoisotopic (exact) mass is 323 g/mol. The Hall–Kier alpha value is -3.28. The average molecular weight is 323 g/mol. The fourth-order valence-corrected chi connectivity index (χ4v) is 2.32. The van der Waals surface area contributed by atoms with E-state index in [4.69, 9.17) is 4.74 Å². The molecule has 0 atom stereocenters. The summed E-state index contributed by atoms with van der Waals surface area (Å²) in [6.45, 7) is 2.45. The number of aromatic nitrogens is 1. The first-order valence-corrected chi connectivity index (χ1v) is 7.58. The zero-order valence-corrected chi connectivity index (χ0v) is 13.1. The topological polar surface area (TPSA) is 83.2 Å². The van der Waals surface area contributed by atoms with Crippen molar-refractivity contribution in [3.05, 3.63) is 65.9 Å². The lowest BCUT2D eigenvalue weighted by molar-refractivity contribution is 0.0844. The van der Waals surface area contributed by atoms with Gasteiger partial charge in [-0.25, -0.2) is 0 Å². The predicted molar refractivity (Wildman–Crippen MR) is 90.8 cm³/mol. The molecule has 0 aliphatic carbocycles. The number of H-pyrrole nitrogens is 1. The lowest BCUT2D eigenvalue weighted by Gasteiger charge is -2.07. The Morgan fingerprint density at radius 3 is 2.42 bits per heavy atom. The van der Waals surface area contributed by atoms with Gasteiger partial charge in [0, 0.05) is 16.5 Å². The second-order valence-corrected chi connectivity index (χ2v) is 5.14. The number of nitrogens with one attached hydrogen (secondary N) is 3. The molecule has 0 saturated heterocycles. The van der Waals surface area contributed by atoms with E-state index in [9.17, 15) is 9.59 Å². The summed E-state index contributed by atoms with van der Waals surface area (Å²) in [7, 11) is 0. The molecular weight excluding hydrogens is 306 g/mol. The summed E-state index contributed by atoms with van der Waals surface area (Å²) in [6.07, 6.45) is 0. The van der Waals surface area contributed by atoms with Crippen molar-refractivity contribution in [3.63, 3.8) is 0 Å². The smallest absolute Gasteiger partial charge is 0.286 e. The van der Waals surface area contributed by atoms with Crippen molar-refractivity contribution in [2.24, 2.45) is 0 Å². The molecule has 2 amide bonds. The predicted octanol–water partition coefficient (Wildman–Crippen LogP) is 2.64. The van der Waals surface area contributed by atoms with Crippen LogP contribution in [0.15, 0.2) is 54.6 Å². The lowest BCUT2D eigenvalue weighted by Crippen LogP contribution is -2.41. The van der Waals surface area contributed by atoms with Crippen LogP contribution in [0.25, 0.3) is 10.9 Å². The number of para-hydroxylation sites is 1. The SMILES string of the molecule is CCOc1ccc(C(=O)NNC(=O)c2cc3ccccc3[nH]2)cc1. The van der Waals surface area contributed by atoms with Crippen molar-refractivity contribution < 1.29 is 14.3 Å². The van der Waals surface area contributed by atoms with Gasteiger partial charge in [-0.1, -0.05) is 18.2 Å². The number of amides is 2. The zero-order chi connectivity index (χ0) is 16.9. The van der Waals surface area contributed by atoms with Crippen molar-refractivity contribution in [1.29, 1.82) is 0 Å². The summed E-state index contributed by atoms with van der Waals surface area (Å²) in [5.74, 6) is -0.121. The number of hydrazine groups is 1. The standard InChI is InChI=1S/C18H17N3O3/c1-2-24-14-9-7-12(8-10-14)17(22)20-21-18(23)16-11-13-5-3-4-6-15(13)19-16/h3-11,19H,2H2,1H3,(H,20,22)(H,21,23). The van der Waals surface area contributed by atoms with Gasteiger partial charge in [0.05, 0.1) is 6.61 Å². The van der Waals surface area contributed by atoms with E-state index in [1.165, 1.54) is 0 Å². The number of hydrogen-bond donors (Lipinski definition) is 3. The molecule has 3 N–H and O–H groups in total. The highest BCUT2D eigenvalue weighted by Crippen LogP contribution is 2.14. The molecule has 2 aromatic carbocycles. The quantitative estimate of drug-likeness (QED) is 0.645. The van der Waals surface area contributed by atoms with Gasteiger partial charge in [0.2, 0.25) is 0 Å². The summed E-state index contributed by atoms with van der Waals surface area (Å²) in [4.78, 5) is 27.2. The van der Waals surface area contributed by atoms with Crippen molar-refractivity contribution >= 4 is 22.7 Å². The molecule has 0 unspecified atom stereocenters. The maximum atomic E-state index is 12.1. The fraction of sp³-hybridized carbons (Fsp3) is 0.111. The van der Waals surface area contributed by atoms with Gasteiger partial charge in [-0.05, 0) is 43.3 Å². The van der Waals surface area contributed by atoms with E-state index in [1.807, 2.05) is 31.2 Å². The average Bonchev–Trinajstić information content (AvgIpc) is 3.04. The Labute approximate surface area is 138 Å². The Morgan fingerprint density at radius 2 is 1.71 bits per heavy atom. The van der Waals surface area contributed by atoms with E-state index in [0.29, 0.717) is 23.6 Å². The molecule has 3 aromatic rings. The van der Waals surface area contributed by atoms with Crippen molar-refractivity contribution in [1.82, 2.24) is 15.8 Å². The number of carbonyl (C=O) groups excluding carboxylic acids is 2. The van der Waals surface area contributed by atoms with Gasteiger partial charge in [0.25, 0.3) is 11.8 Å². The zero-order valence-electron chi connectivity index (χ0n) is 13.1. The maximum absolute atomic E-state index is 12.1. The van der Waals surface area contributed by atoms with Crippen LogP contribution in [-0.4, -0.2) is 23.4 Å². The first-order chi connectivity index (χ1) is 11.7. The molecule has 1 heterocycles. The van der Waals surface area contributed by atoms with E-state index in [2.05, 4.69) is 15.8 Å². The van der Waals surface area contributed by atoms with Crippen LogP contribution in [0, 0.1) is 0 Å². The van der Waals surface area contributed by atoms with Gasteiger partial charge in [-0.15, -0.1) is 0 Å². The molecule has 0 fully saturated rings. The number of fused-ring (bicyclic) bond motifs is 1. The Morgan fingerprint density at radius 1 is 1.00 bits per heavy atom. The van der Waals surface area contributed by atoms with Crippen LogP contribution in [0.1, 0.15) is 27.8 Å². The van der Waals surface area contributed by atoms with Gasteiger partial charge < -0.3 is 9.72 Å². The molecule has 0 radical (unpaired) electrons. The van der Waals surface area contributed by atoms with E-state index < -0.39 is 11.8 Å². The number of carbonyl (C=O) groups is 2. The molecule has 3 rings (SSSR count). The minimum Gasteiger partial charge on any atom is -0.494 e. The Bertz CT molecular complexity index is 836. The Balaban J connectivity index is 1.61. The highest BCUT2D eigenvalue weighted by molar-refractivity contribution is 6.00. The van der Waals surface area contributed by atoms with Crippen LogP contribution >= 0.6 is 0 Å². The minimum absolute atomic E-state index is 0.378. The number of benzene rings is 2. The second kappa shape index (κ2) is 6.87. The van der Waals surface area contributed by atoms with Crippen LogP contribution in [-0.2, 0) is 0 Å². The molecule has 122 valence electrons. The third kappa shape index (κ3) is 3.38. The van der Waals surface area contributed by atoms with Crippen LogP contribution in [0.4, 0.5) is 0 Å². The Kier molecular flexibility index (Phi) is 4.47. The third-order valence-electron chi connectivity index (χ3n) is 3.49. The van der Waals surface area contributed by atoms with Gasteiger partial charge in [0.1, 0.15) is 11.4 Å². The molecule has 0 spiro atoms. The number of ether oxygens (including phenoxy) is 1. The molecule has 6 heteroatoms. The highest BCUT2D eigenvalue weighted by Gasteiger charge is 2.11. The van der Waals surface area contributed by atoms with Crippen LogP contribution in [0.5, 0.6) is 5.75 Å². The van der Waals surface area contributed by atoms with Gasteiger partial charge in [0.15, 0.2) is 0 Å². The highest BCUT2D eigenvalue weighted by atomic mass is 16.5. The number of aromatic amines is 1. The van der Waals surface area contributed by atoms with Crippen molar-refractivity contribution in [3.8, 4) is 5.75 Å². The van der Waals surface area contributed by atoms with E-state index in [-0.39, 0.29) is 0 Å².